The molecule has 29 heavy (non-hydrogen) atoms. The molecule has 0 saturated carbocycles. The lowest BCUT2D eigenvalue weighted by atomic mass is 10.1. The van der Waals surface area contributed by atoms with Crippen molar-refractivity contribution in [2.24, 2.45) is 5.73 Å². The fourth-order valence-electron chi connectivity index (χ4n) is 3.21. The minimum absolute atomic E-state index is 0.381. The van der Waals surface area contributed by atoms with Crippen LogP contribution >= 0.6 is 0 Å². The van der Waals surface area contributed by atoms with Crippen LogP contribution in [-0.4, -0.2) is 20.9 Å². The fraction of sp³-hybridized carbons (Fsp3) is 0.0909. The Hall–Kier alpha value is -4.00. The van der Waals surface area contributed by atoms with E-state index in [-0.39, 0.29) is 0 Å². The maximum Gasteiger partial charge on any atom is 0.250 e. The Bertz CT molecular complexity index is 1170. The highest BCUT2D eigenvalue weighted by Gasteiger charge is 2.11. The van der Waals surface area contributed by atoms with E-state index in [4.69, 9.17) is 11.5 Å². The standard InChI is InChI=1S/C22H20N6O/c23-16-7-8-17(25-12-16)10-14-3-1-4-15(9-14)11-26-22-19-6-2-5-18(21(24)29)20(19)27-13-28-22/h1-9,12-13H,10-11,23H2,(H2,24,29)(H,26,27,28). The van der Waals surface area contributed by atoms with Crippen molar-refractivity contribution >= 4 is 28.3 Å². The second kappa shape index (κ2) is 7.93. The molecule has 1 amide bonds. The lowest BCUT2D eigenvalue weighted by Crippen LogP contribution is -2.12. The zero-order valence-electron chi connectivity index (χ0n) is 15.7. The van der Waals surface area contributed by atoms with Gasteiger partial charge in [0.1, 0.15) is 12.1 Å². The Kier molecular flexibility index (Phi) is 5.03. The molecule has 2 aromatic carbocycles. The number of nitrogens with two attached hydrogens (primary N) is 2. The van der Waals surface area contributed by atoms with Gasteiger partial charge in [-0.2, -0.15) is 0 Å². The highest BCUT2D eigenvalue weighted by molar-refractivity contribution is 6.06. The summed E-state index contributed by atoms with van der Waals surface area (Å²) in [5.41, 5.74) is 16.0. The Morgan fingerprint density at radius 2 is 1.79 bits per heavy atom. The number of nitrogens with zero attached hydrogens (tertiary/aromatic N) is 3. The summed E-state index contributed by atoms with van der Waals surface area (Å²) in [5.74, 6) is 0.146. The molecule has 7 nitrogen and oxygen atoms in total. The van der Waals surface area contributed by atoms with E-state index in [0.29, 0.717) is 29.1 Å². The number of para-hydroxylation sites is 1. The molecule has 0 aliphatic heterocycles. The molecule has 144 valence electrons. The number of hydrogen-bond acceptors (Lipinski definition) is 6. The van der Waals surface area contributed by atoms with Gasteiger partial charge in [-0.3, -0.25) is 9.78 Å². The van der Waals surface area contributed by atoms with Crippen LogP contribution in [0, 0.1) is 0 Å². The lowest BCUT2D eigenvalue weighted by molar-refractivity contribution is 0.100. The lowest BCUT2D eigenvalue weighted by Gasteiger charge is -2.11. The number of fused-ring (bicyclic) bond motifs is 1. The maximum atomic E-state index is 11.6. The Morgan fingerprint density at radius 3 is 2.59 bits per heavy atom. The minimum atomic E-state index is -0.510. The number of carbonyl (C=O) groups excluding carboxylic acids is 1. The Labute approximate surface area is 167 Å². The van der Waals surface area contributed by atoms with E-state index in [0.717, 1.165) is 28.6 Å². The van der Waals surface area contributed by atoms with Crippen LogP contribution in [0.2, 0.25) is 0 Å². The Morgan fingerprint density at radius 1 is 0.966 bits per heavy atom. The second-order valence-electron chi connectivity index (χ2n) is 6.72. The number of nitrogen functional groups attached to an aromatic ring is 1. The number of rotatable bonds is 6. The monoisotopic (exact) mass is 384 g/mol. The summed E-state index contributed by atoms with van der Waals surface area (Å²) in [4.78, 5) is 24.5. The van der Waals surface area contributed by atoms with Crippen LogP contribution in [0.3, 0.4) is 0 Å². The summed E-state index contributed by atoms with van der Waals surface area (Å²) >= 11 is 0. The van der Waals surface area contributed by atoms with Gasteiger partial charge in [0.05, 0.1) is 23.0 Å². The first-order valence-corrected chi connectivity index (χ1v) is 9.16. The number of benzene rings is 2. The van der Waals surface area contributed by atoms with Crippen LogP contribution in [0.25, 0.3) is 10.9 Å². The van der Waals surface area contributed by atoms with Gasteiger partial charge in [-0.05, 0) is 35.4 Å². The van der Waals surface area contributed by atoms with E-state index >= 15 is 0 Å². The van der Waals surface area contributed by atoms with E-state index in [9.17, 15) is 4.79 Å². The molecule has 2 aromatic heterocycles. The SMILES string of the molecule is NC(=O)c1cccc2c(NCc3cccc(Cc4ccc(N)cn4)c3)ncnc12. The number of pyridine rings is 1. The van der Waals surface area contributed by atoms with Crippen molar-refractivity contribution in [3.05, 3.63) is 89.5 Å². The van der Waals surface area contributed by atoms with Crippen molar-refractivity contribution < 1.29 is 4.79 Å². The highest BCUT2D eigenvalue weighted by Crippen LogP contribution is 2.22. The molecule has 0 radical (unpaired) electrons. The number of nitrogens with one attached hydrogen (secondary N) is 1. The first-order valence-electron chi connectivity index (χ1n) is 9.16. The number of hydrogen-bond donors (Lipinski definition) is 3. The largest absolute Gasteiger partial charge is 0.397 e. The van der Waals surface area contributed by atoms with Crippen molar-refractivity contribution in [2.45, 2.75) is 13.0 Å². The predicted octanol–water partition coefficient (Wildman–Crippen LogP) is 2.91. The highest BCUT2D eigenvalue weighted by atomic mass is 16.1. The van der Waals surface area contributed by atoms with Crippen LogP contribution < -0.4 is 16.8 Å². The summed E-state index contributed by atoms with van der Waals surface area (Å²) in [6.45, 7) is 0.579. The van der Waals surface area contributed by atoms with E-state index in [1.165, 1.54) is 6.33 Å². The molecule has 0 bridgehead atoms. The molecular formula is C22H20N6O. The zero-order chi connectivity index (χ0) is 20.2. The van der Waals surface area contributed by atoms with Gasteiger partial charge in [-0.1, -0.05) is 30.3 Å². The normalized spacial score (nSPS) is 10.8. The smallest absolute Gasteiger partial charge is 0.250 e. The fourth-order valence-corrected chi connectivity index (χ4v) is 3.21. The van der Waals surface area contributed by atoms with Gasteiger partial charge in [0.25, 0.3) is 5.91 Å². The molecular weight excluding hydrogens is 364 g/mol. The molecule has 4 aromatic rings. The van der Waals surface area contributed by atoms with Crippen LogP contribution in [-0.2, 0) is 13.0 Å². The third-order valence-corrected chi connectivity index (χ3v) is 4.61. The van der Waals surface area contributed by atoms with Crippen LogP contribution in [0.1, 0.15) is 27.2 Å². The van der Waals surface area contributed by atoms with Gasteiger partial charge in [0, 0.05) is 24.0 Å². The number of primary amides is 1. The zero-order valence-corrected chi connectivity index (χ0v) is 15.7. The number of amides is 1. The summed E-state index contributed by atoms with van der Waals surface area (Å²) in [5, 5.41) is 4.09. The predicted molar refractivity (Wildman–Crippen MR) is 113 cm³/mol. The molecule has 0 aliphatic carbocycles. The van der Waals surface area contributed by atoms with Crippen molar-refractivity contribution in [2.75, 3.05) is 11.1 Å². The first kappa shape index (κ1) is 18.4. The van der Waals surface area contributed by atoms with Crippen molar-refractivity contribution in [3.8, 4) is 0 Å². The summed E-state index contributed by atoms with van der Waals surface area (Å²) in [7, 11) is 0. The summed E-state index contributed by atoms with van der Waals surface area (Å²) in [6.07, 6.45) is 3.83. The van der Waals surface area contributed by atoms with Gasteiger partial charge in [0.2, 0.25) is 0 Å². The molecule has 4 rings (SSSR count). The van der Waals surface area contributed by atoms with Gasteiger partial charge < -0.3 is 16.8 Å². The van der Waals surface area contributed by atoms with Crippen LogP contribution in [0.4, 0.5) is 11.5 Å². The minimum Gasteiger partial charge on any atom is -0.397 e. The average molecular weight is 384 g/mol. The number of carbonyl (C=O) groups is 1. The van der Waals surface area contributed by atoms with Crippen molar-refractivity contribution in [1.29, 1.82) is 0 Å². The van der Waals surface area contributed by atoms with E-state index in [1.807, 2.05) is 30.3 Å². The van der Waals surface area contributed by atoms with E-state index in [1.54, 1.807) is 18.3 Å². The molecule has 0 atom stereocenters. The molecule has 2 heterocycles. The molecule has 7 heteroatoms. The maximum absolute atomic E-state index is 11.6. The molecule has 0 saturated heterocycles. The van der Waals surface area contributed by atoms with Crippen LogP contribution in [0.15, 0.2) is 67.1 Å². The van der Waals surface area contributed by atoms with Gasteiger partial charge in [-0.25, -0.2) is 9.97 Å². The second-order valence-corrected chi connectivity index (χ2v) is 6.72. The third kappa shape index (κ3) is 4.14. The third-order valence-electron chi connectivity index (χ3n) is 4.61. The molecule has 0 aliphatic rings. The van der Waals surface area contributed by atoms with E-state index in [2.05, 4.69) is 32.4 Å². The van der Waals surface area contributed by atoms with E-state index < -0.39 is 5.91 Å². The summed E-state index contributed by atoms with van der Waals surface area (Å²) in [6, 6.07) is 17.4. The quantitative estimate of drug-likeness (QED) is 0.470. The molecule has 0 spiro atoms. The Balaban J connectivity index is 1.53. The number of aromatic nitrogens is 3. The van der Waals surface area contributed by atoms with Gasteiger partial charge in [-0.15, -0.1) is 0 Å². The van der Waals surface area contributed by atoms with Gasteiger partial charge in [0.15, 0.2) is 0 Å². The van der Waals surface area contributed by atoms with Gasteiger partial charge >= 0.3 is 0 Å². The van der Waals surface area contributed by atoms with Crippen LogP contribution in [0.5, 0.6) is 0 Å². The summed E-state index contributed by atoms with van der Waals surface area (Å²) < 4.78 is 0. The molecule has 0 fully saturated rings. The first-order chi connectivity index (χ1) is 14.1. The topological polar surface area (TPSA) is 120 Å². The average Bonchev–Trinajstić information content (AvgIpc) is 2.73. The molecule has 5 N–H and O–H groups in total. The van der Waals surface area contributed by atoms with Crippen molar-refractivity contribution in [3.63, 3.8) is 0 Å². The number of anilines is 2. The van der Waals surface area contributed by atoms with Crippen molar-refractivity contribution in [1.82, 2.24) is 15.0 Å². The molecule has 0 unspecified atom stereocenters.